The Bertz CT molecular complexity index is 356. The first kappa shape index (κ1) is 14.6. The van der Waals surface area contributed by atoms with Gasteiger partial charge in [-0.3, -0.25) is 4.79 Å². The molecular weight excluding hydrogens is 306 g/mol. The molecule has 1 unspecified atom stereocenters. The monoisotopic (exact) mass is 321 g/mol. The molecule has 0 bridgehead atoms. The molecule has 96 valence electrons. The van der Waals surface area contributed by atoms with Crippen molar-refractivity contribution in [2.45, 2.75) is 18.9 Å². The molecule has 0 saturated heterocycles. The number of carbonyl (C=O) groups is 1. The highest BCUT2D eigenvalue weighted by molar-refractivity contribution is 9.11. The van der Waals surface area contributed by atoms with E-state index >= 15 is 0 Å². The standard InChI is InChI=1S/C11H16BrNO3S/c1-16-11(15)6-8(14)7-13-5-4-9-2-3-10(12)17-9/h2-3,8,13-14H,4-7H2,1H3. The summed E-state index contributed by atoms with van der Waals surface area (Å²) in [5.41, 5.74) is 0. The molecule has 17 heavy (non-hydrogen) atoms. The van der Waals surface area contributed by atoms with E-state index in [2.05, 4.69) is 32.0 Å². The van der Waals surface area contributed by atoms with Crippen molar-refractivity contribution in [2.24, 2.45) is 0 Å². The normalized spacial score (nSPS) is 12.4. The Morgan fingerprint density at radius 2 is 2.41 bits per heavy atom. The zero-order valence-corrected chi connectivity index (χ0v) is 12.0. The Morgan fingerprint density at radius 3 is 3.00 bits per heavy atom. The Balaban J connectivity index is 2.09. The lowest BCUT2D eigenvalue weighted by atomic mass is 10.2. The number of halogens is 1. The van der Waals surface area contributed by atoms with Gasteiger partial charge in [0, 0.05) is 18.0 Å². The number of aliphatic hydroxyl groups excluding tert-OH is 1. The fourth-order valence-electron chi connectivity index (χ4n) is 1.31. The lowest BCUT2D eigenvalue weighted by molar-refractivity contribution is -0.142. The number of rotatable bonds is 7. The lowest BCUT2D eigenvalue weighted by Gasteiger charge is -2.09. The van der Waals surface area contributed by atoms with Gasteiger partial charge in [0.2, 0.25) is 0 Å². The fraction of sp³-hybridized carbons (Fsp3) is 0.545. The molecule has 4 nitrogen and oxygen atoms in total. The summed E-state index contributed by atoms with van der Waals surface area (Å²) in [5, 5.41) is 12.6. The molecule has 0 aromatic carbocycles. The highest BCUT2D eigenvalue weighted by Crippen LogP contribution is 2.21. The smallest absolute Gasteiger partial charge is 0.308 e. The first-order valence-electron chi connectivity index (χ1n) is 5.31. The third-order valence-corrected chi connectivity index (χ3v) is 3.87. The topological polar surface area (TPSA) is 58.6 Å². The number of esters is 1. The summed E-state index contributed by atoms with van der Waals surface area (Å²) in [7, 11) is 1.32. The number of thiophene rings is 1. The van der Waals surface area contributed by atoms with Gasteiger partial charge in [-0.05, 0) is 34.5 Å². The van der Waals surface area contributed by atoms with Crippen LogP contribution in [0, 0.1) is 0 Å². The highest BCUT2D eigenvalue weighted by atomic mass is 79.9. The van der Waals surface area contributed by atoms with Crippen LogP contribution in [0.3, 0.4) is 0 Å². The summed E-state index contributed by atoms with van der Waals surface area (Å²) in [6.45, 7) is 1.19. The van der Waals surface area contributed by atoms with E-state index in [4.69, 9.17) is 0 Å². The van der Waals surface area contributed by atoms with Crippen molar-refractivity contribution in [3.63, 3.8) is 0 Å². The molecule has 6 heteroatoms. The van der Waals surface area contributed by atoms with E-state index in [1.165, 1.54) is 12.0 Å². The van der Waals surface area contributed by atoms with Crippen LogP contribution < -0.4 is 5.32 Å². The van der Waals surface area contributed by atoms with Gasteiger partial charge in [0.15, 0.2) is 0 Å². The number of methoxy groups -OCH3 is 1. The van der Waals surface area contributed by atoms with E-state index in [0.29, 0.717) is 6.54 Å². The van der Waals surface area contributed by atoms with Gasteiger partial charge in [-0.1, -0.05) is 0 Å². The minimum Gasteiger partial charge on any atom is -0.469 e. The van der Waals surface area contributed by atoms with Gasteiger partial charge in [0.05, 0.1) is 23.4 Å². The largest absolute Gasteiger partial charge is 0.469 e. The molecular formula is C11H16BrNO3S. The molecule has 0 radical (unpaired) electrons. The number of nitrogens with one attached hydrogen (secondary N) is 1. The van der Waals surface area contributed by atoms with Crippen molar-refractivity contribution < 1.29 is 14.6 Å². The predicted molar refractivity (Wildman–Crippen MR) is 71.2 cm³/mol. The van der Waals surface area contributed by atoms with Crippen molar-refractivity contribution in [1.29, 1.82) is 0 Å². The number of ether oxygens (including phenoxy) is 1. The van der Waals surface area contributed by atoms with Crippen molar-refractivity contribution >= 4 is 33.2 Å². The van der Waals surface area contributed by atoms with Crippen LogP contribution >= 0.6 is 27.3 Å². The summed E-state index contributed by atoms with van der Waals surface area (Å²) in [5.74, 6) is -0.388. The zero-order valence-electron chi connectivity index (χ0n) is 9.61. The molecule has 2 N–H and O–H groups in total. The van der Waals surface area contributed by atoms with Crippen LogP contribution in [-0.4, -0.2) is 37.4 Å². The molecule has 1 heterocycles. The SMILES string of the molecule is COC(=O)CC(O)CNCCc1ccc(Br)s1. The molecule has 0 aliphatic heterocycles. The zero-order chi connectivity index (χ0) is 12.7. The van der Waals surface area contributed by atoms with Crippen LogP contribution in [0.1, 0.15) is 11.3 Å². The van der Waals surface area contributed by atoms with Gasteiger partial charge in [0.1, 0.15) is 0 Å². The van der Waals surface area contributed by atoms with Crippen molar-refractivity contribution in [3.8, 4) is 0 Å². The lowest BCUT2D eigenvalue weighted by Crippen LogP contribution is -2.30. The van der Waals surface area contributed by atoms with Gasteiger partial charge in [-0.25, -0.2) is 0 Å². The van der Waals surface area contributed by atoms with Crippen molar-refractivity contribution in [2.75, 3.05) is 20.2 Å². The molecule has 0 amide bonds. The molecule has 1 atom stereocenters. The number of carbonyl (C=O) groups excluding carboxylic acids is 1. The van der Waals surface area contributed by atoms with Gasteiger partial charge in [-0.15, -0.1) is 11.3 Å². The Morgan fingerprint density at radius 1 is 1.65 bits per heavy atom. The summed E-state index contributed by atoms with van der Waals surface area (Å²) in [4.78, 5) is 12.1. The van der Waals surface area contributed by atoms with Gasteiger partial charge in [0.25, 0.3) is 0 Å². The second-order valence-corrected chi connectivity index (χ2v) is 6.14. The molecule has 1 rings (SSSR count). The first-order chi connectivity index (χ1) is 8.11. The summed E-state index contributed by atoms with van der Waals surface area (Å²) >= 11 is 5.11. The molecule has 1 aromatic heterocycles. The van der Waals surface area contributed by atoms with Crippen LogP contribution in [0.15, 0.2) is 15.9 Å². The molecule has 0 spiro atoms. The number of hydrogen-bond acceptors (Lipinski definition) is 5. The van der Waals surface area contributed by atoms with Crippen molar-refractivity contribution in [3.05, 3.63) is 20.8 Å². The van der Waals surface area contributed by atoms with Gasteiger partial charge >= 0.3 is 5.97 Å². The Hall–Kier alpha value is -0.430. The maximum atomic E-state index is 10.9. The third kappa shape index (κ3) is 6.16. The van der Waals surface area contributed by atoms with E-state index in [9.17, 15) is 9.90 Å². The Kier molecular flexibility index (Phi) is 6.72. The maximum Gasteiger partial charge on any atom is 0.308 e. The van der Waals surface area contributed by atoms with Crippen LogP contribution in [0.5, 0.6) is 0 Å². The molecule has 0 saturated carbocycles. The van der Waals surface area contributed by atoms with Crippen LogP contribution in [0.4, 0.5) is 0 Å². The molecule has 0 aliphatic carbocycles. The minimum absolute atomic E-state index is 0.0358. The predicted octanol–water partition coefficient (Wildman–Crippen LogP) is 1.57. The average molecular weight is 322 g/mol. The second-order valence-electron chi connectivity index (χ2n) is 3.59. The third-order valence-electron chi connectivity index (χ3n) is 2.19. The highest BCUT2D eigenvalue weighted by Gasteiger charge is 2.10. The first-order valence-corrected chi connectivity index (χ1v) is 6.92. The van der Waals surface area contributed by atoms with E-state index in [0.717, 1.165) is 16.8 Å². The summed E-state index contributed by atoms with van der Waals surface area (Å²) < 4.78 is 5.59. The second kappa shape index (κ2) is 7.81. The quantitative estimate of drug-likeness (QED) is 0.591. The maximum absolute atomic E-state index is 10.9. The van der Waals surface area contributed by atoms with E-state index < -0.39 is 6.10 Å². The van der Waals surface area contributed by atoms with Gasteiger partial charge < -0.3 is 15.2 Å². The molecule has 0 fully saturated rings. The summed E-state index contributed by atoms with van der Waals surface area (Å²) in [6.07, 6.45) is 0.271. The fourth-order valence-corrected chi connectivity index (χ4v) is 2.80. The molecule has 1 aromatic rings. The molecule has 0 aliphatic rings. The number of hydrogen-bond donors (Lipinski definition) is 2. The van der Waals surface area contributed by atoms with Crippen LogP contribution in [-0.2, 0) is 16.0 Å². The van der Waals surface area contributed by atoms with Crippen LogP contribution in [0.25, 0.3) is 0 Å². The van der Waals surface area contributed by atoms with E-state index in [-0.39, 0.29) is 12.4 Å². The number of aliphatic hydroxyl groups is 1. The Labute approximate surface area is 113 Å². The average Bonchev–Trinajstić information content (AvgIpc) is 2.70. The van der Waals surface area contributed by atoms with Gasteiger partial charge in [-0.2, -0.15) is 0 Å². The minimum atomic E-state index is -0.683. The van der Waals surface area contributed by atoms with E-state index in [1.54, 1.807) is 11.3 Å². The van der Waals surface area contributed by atoms with E-state index in [1.807, 2.05) is 6.07 Å². The van der Waals surface area contributed by atoms with Crippen molar-refractivity contribution in [1.82, 2.24) is 5.32 Å². The van der Waals surface area contributed by atoms with Crippen LogP contribution in [0.2, 0.25) is 0 Å². The summed E-state index contributed by atoms with van der Waals surface area (Å²) in [6, 6.07) is 4.09.